The van der Waals surface area contributed by atoms with Crippen molar-refractivity contribution in [3.63, 3.8) is 0 Å². The van der Waals surface area contributed by atoms with Crippen LogP contribution in [0.2, 0.25) is 0 Å². The molecule has 1 aromatic heterocycles. The zero-order valence-corrected chi connectivity index (χ0v) is 15.4. The summed E-state index contributed by atoms with van der Waals surface area (Å²) in [5, 5.41) is 1.21. The number of aromatic nitrogens is 1. The highest BCUT2D eigenvalue weighted by molar-refractivity contribution is 5.95. The minimum absolute atomic E-state index is 0.374. The molecule has 2 aromatic rings. The van der Waals surface area contributed by atoms with Crippen molar-refractivity contribution in [1.82, 2.24) is 4.98 Å². The molecule has 0 spiro atoms. The Balaban J connectivity index is 2.12. The maximum absolute atomic E-state index is 5.58. The fourth-order valence-electron chi connectivity index (χ4n) is 3.61. The highest BCUT2D eigenvalue weighted by Gasteiger charge is 2.22. The zero-order valence-electron chi connectivity index (χ0n) is 15.4. The third-order valence-electron chi connectivity index (χ3n) is 5.00. The van der Waals surface area contributed by atoms with Crippen molar-refractivity contribution in [2.75, 3.05) is 32.2 Å². The average Bonchev–Trinajstić information content (AvgIpc) is 2.60. The van der Waals surface area contributed by atoms with Crippen LogP contribution in [0.1, 0.15) is 43.9 Å². The SMILES string of the molecule is COc1cc(N2CCC(OC)CC2)c2nc(C)cc(C(C)C)c2c1. The van der Waals surface area contributed by atoms with E-state index in [1.54, 1.807) is 14.2 Å². The van der Waals surface area contributed by atoms with Gasteiger partial charge in [0.25, 0.3) is 0 Å². The van der Waals surface area contributed by atoms with E-state index in [0.717, 1.165) is 42.9 Å². The van der Waals surface area contributed by atoms with Gasteiger partial charge < -0.3 is 14.4 Å². The topological polar surface area (TPSA) is 34.6 Å². The van der Waals surface area contributed by atoms with Crippen LogP contribution in [0.15, 0.2) is 18.2 Å². The van der Waals surface area contributed by atoms with Gasteiger partial charge in [-0.1, -0.05) is 13.8 Å². The Bertz CT molecular complexity index is 719. The number of aryl methyl sites for hydroxylation is 1. The molecule has 0 bridgehead atoms. The van der Waals surface area contributed by atoms with Gasteiger partial charge in [0.15, 0.2) is 0 Å². The second-order valence-corrected chi connectivity index (χ2v) is 6.97. The molecule has 0 amide bonds. The van der Waals surface area contributed by atoms with Gasteiger partial charge in [-0.05, 0) is 43.4 Å². The summed E-state index contributed by atoms with van der Waals surface area (Å²) in [6.07, 6.45) is 2.48. The quantitative estimate of drug-likeness (QED) is 0.838. The van der Waals surface area contributed by atoms with Crippen LogP contribution < -0.4 is 9.64 Å². The normalized spacial score (nSPS) is 16.2. The molecule has 1 aliphatic rings. The Hall–Kier alpha value is -1.81. The molecule has 1 aliphatic heterocycles. The summed E-state index contributed by atoms with van der Waals surface area (Å²) in [5.41, 5.74) is 4.69. The predicted molar refractivity (Wildman–Crippen MR) is 99.4 cm³/mol. The second kappa shape index (κ2) is 6.98. The minimum atomic E-state index is 0.374. The Morgan fingerprint density at radius 1 is 1.12 bits per heavy atom. The third-order valence-corrected chi connectivity index (χ3v) is 5.00. The molecule has 0 unspecified atom stereocenters. The van der Waals surface area contributed by atoms with Gasteiger partial charge in [0, 0.05) is 37.3 Å². The van der Waals surface area contributed by atoms with Crippen LogP contribution >= 0.6 is 0 Å². The van der Waals surface area contributed by atoms with Crippen LogP contribution in [0, 0.1) is 6.92 Å². The summed E-state index contributed by atoms with van der Waals surface area (Å²) in [5.74, 6) is 1.35. The second-order valence-electron chi connectivity index (χ2n) is 6.97. The van der Waals surface area contributed by atoms with E-state index in [-0.39, 0.29) is 0 Å². The van der Waals surface area contributed by atoms with Crippen LogP contribution in [-0.2, 0) is 4.74 Å². The van der Waals surface area contributed by atoms with Crippen LogP contribution in [0.4, 0.5) is 5.69 Å². The maximum atomic E-state index is 5.58. The average molecular weight is 328 g/mol. The summed E-state index contributed by atoms with van der Waals surface area (Å²) in [6, 6.07) is 6.46. The van der Waals surface area contributed by atoms with E-state index in [0.29, 0.717) is 12.0 Å². The van der Waals surface area contributed by atoms with Crippen molar-refractivity contribution in [3.8, 4) is 5.75 Å². The van der Waals surface area contributed by atoms with Crippen molar-refractivity contribution >= 4 is 16.6 Å². The van der Waals surface area contributed by atoms with Gasteiger partial charge in [-0.15, -0.1) is 0 Å². The fourth-order valence-corrected chi connectivity index (χ4v) is 3.61. The molecule has 0 N–H and O–H groups in total. The highest BCUT2D eigenvalue weighted by atomic mass is 16.5. The van der Waals surface area contributed by atoms with E-state index in [1.165, 1.54) is 16.6 Å². The number of rotatable bonds is 4. The monoisotopic (exact) mass is 328 g/mol. The largest absolute Gasteiger partial charge is 0.497 e. The first-order valence-electron chi connectivity index (χ1n) is 8.80. The Morgan fingerprint density at radius 2 is 1.83 bits per heavy atom. The molecular weight excluding hydrogens is 300 g/mol. The van der Waals surface area contributed by atoms with E-state index in [4.69, 9.17) is 14.5 Å². The number of anilines is 1. The lowest BCUT2D eigenvalue weighted by Gasteiger charge is -2.33. The number of hydrogen-bond donors (Lipinski definition) is 0. The molecular formula is C20H28N2O2. The molecule has 24 heavy (non-hydrogen) atoms. The fraction of sp³-hybridized carbons (Fsp3) is 0.550. The molecule has 3 rings (SSSR count). The first-order chi connectivity index (χ1) is 11.5. The molecule has 1 fully saturated rings. The summed E-state index contributed by atoms with van der Waals surface area (Å²) >= 11 is 0. The van der Waals surface area contributed by atoms with Crippen molar-refractivity contribution in [1.29, 1.82) is 0 Å². The first kappa shape index (κ1) is 17.0. The number of hydrogen-bond acceptors (Lipinski definition) is 4. The van der Waals surface area contributed by atoms with Gasteiger partial charge in [0.2, 0.25) is 0 Å². The molecule has 0 aliphatic carbocycles. The smallest absolute Gasteiger partial charge is 0.121 e. The standard InChI is InChI=1S/C20H28N2O2/c1-13(2)17-10-14(3)21-20-18(17)11-16(24-5)12-19(20)22-8-6-15(23-4)7-9-22/h10-13,15H,6-9H2,1-5H3. The number of ether oxygens (including phenoxy) is 2. The van der Waals surface area contributed by atoms with E-state index in [9.17, 15) is 0 Å². The molecule has 4 heteroatoms. The van der Waals surface area contributed by atoms with Crippen molar-refractivity contribution < 1.29 is 9.47 Å². The van der Waals surface area contributed by atoms with Crippen LogP contribution in [0.25, 0.3) is 10.9 Å². The first-order valence-corrected chi connectivity index (χ1v) is 8.80. The predicted octanol–water partition coefficient (Wildman–Crippen LogP) is 4.29. The number of fused-ring (bicyclic) bond motifs is 1. The molecule has 130 valence electrons. The van der Waals surface area contributed by atoms with Crippen molar-refractivity contribution in [3.05, 3.63) is 29.5 Å². The van der Waals surface area contributed by atoms with Crippen LogP contribution in [0.3, 0.4) is 0 Å². The van der Waals surface area contributed by atoms with Gasteiger partial charge in [-0.2, -0.15) is 0 Å². The molecule has 0 saturated carbocycles. The van der Waals surface area contributed by atoms with Crippen molar-refractivity contribution in [2.24, 2.45) is 0 Å². The molecule has 1 aromatic carbocycles. The van der Waals surface area contributed by atoms with Gasteiger partial charge in [-0.25, -0.2) is 0 Å². The molecule has 0 radical (unpaired) electrons. The lowest BCUT2D eigenvalue weighted by Crippen LogP contribution is -2.36. The van der Waals surface area contributed by atoms with Crippen molar-refractivity contribution in [2.45, 2.75) is 45.6 Å². The number of pyridine rings is 1. The lowest BCUT2D eigenvalue weighted by molar-refractivity contribution is 0.0819. The van der Waals surface area contributed by atoms with Gasteiger partial charge in [0.05, 0.1) is 24.4 Å². The number of methoxy groups -OCH3 is 2. The van der Waals surface area contributed by atoms with Gasteiger partial charge in [0.1, 0.15) is 5.75 Å². The molecule has 1 saturated heterocycles. The minimum Gasteiger partial charge on any atom is -0.497 e. The zero-order chi connectivity index (χ0) is 17.3. The lowest BCUT2D eigenvalue weighted by atomic mass is 9.96. The van der Waals surface area contributed by atoms with Crippen LogP contribution in [-0.4, -0.2) is 38.4 Å². The van der Waals surface area contributed by atoms with E-state index in [1.807, 2.05) is 0 Å². The number of nitrogens with zero attached hydrogens (tertiary/aromatic N) is 2. The van der Waals surface area contributed by atoms with Crippen LogP contribution in [0.5, 0.6) is 5.75 Å². The molecule has 4 nitrogen and oxygen atoms in total. The van der Waals surface area contributed by atoms with E-state index >= 15 is 0 Å². The Labute approximate surface area is 144 Å². The van der Waals surface area contributed by atoms with Gasteiger partial charge >= 0.3 is 0 Å². The van der Waals surface area contributed by atoms with E-state index < -0.39 is 0 Å². The summed E-state index contributed by atoms with van der Waals surface area (Å²) in [4.78, 5) is 7.31. The van der Waals surface area contributed by atoms with E-state index in [2.05, 4.69) is 43.9 Å². The highest BCUT2D eigenvalue weighted by Crippen LogP contribution is 2.36. The maximum Gasteiger partial charge on any atom is 0.121 e. The number of benzene rings is 1. The molecule has 0 atom stereocenters. The van der Waals surface area contributed by atoms with Gasteiger partial charge in [-0.3, -0.25) is 4.98 Å². The Morgan fingerprint density at radius 3 is 2.42 bits per heavy atom. The molecule has 2 heterocycles. The summed E-state index contributed by atoms with van der Waals surface area (Å²) in [7, 11) is 3.54. The summed E-state index contributed by atoms with van der Waals surface area (Å²) in [6.45, 7) is 8.53. The number of piperidine rings is 1. The third kappa shape index (κ3) is 3.20. The Kier molecular flexibility index (Phi) is 4.95. The summed E-state index contributed by atoms with van der Waals surface area (Å²) < 4.78 is 11.1.